The van der Waals surface area contributed by atoms with E-state index in [1.165, 1.54) is 24.1 Å². The van der Waals surface area contributed by atoms with E-state index in [2.05, 4.69) is 72.6 Å². The van der Waals surface area contributed by atoms with E-state index in [4.69, 9.17) is 0 Å². The summed E-state index contributed by atoms with van der Waals surface area (Å²) in [6.45, 7) is 8.74. The maximum absolute atomic E-state index is 12.3. The first-order chi connectivity index (χ1) is 13.0. The molecule has 1 heterocycles. The van der Waals surface area contributed by atoms with Gasteiger partial charge in [0.05, 0.1) is 11.8 Å². The summed E-state index contributed by atoms with van der Waals surface area (Å²) in [6.07, 6.45) is 2.54. The Labute approximate surface area is 167 Å². The van der Waals surface area contributed by atoms with Crippen molar-refractivity contribution in [1.29, 1.82) is 0 Å². The molecule has 1 N–H and O–H groups in total. The van der Waals surface area contributed by atoms with Crippen LogP contribution in [-0.4, -0.2) is 24.7 Å². The highest BCUT2D eigenvalue weighted by atomic mass is 32.2. The van der Waals surface area contributed by atoms with Crippen LogP contribution >= 0.6 is 11.8 Å². The molecule has 144 valence electrons. The second kappa shape index (κ2) is 9.32. The van der Waals surface area contributed by atoms with Crippen LogP contribution in [0.15, 0.2) is 53.4 Å². The molecule has 0 spiro atoms. The van der Waals surface area contributed by atoms with E-state index in [1.54, 1.807) is 11.8 Å². The maximum Gasteiger partial charge on any atom is 0.230 e. The molecule has 1 aliphatic heterocycles. The van der Waals surface area contributed by atoms with Gasteiger partial charge in [-0.05, 0) is 62.4 Å². The van der Waals surface area contributed by atoms with Gasteiger partial charge >= 0.3 is 0 Å². The number of carbonyl (C=O) groups excluding carboxylic acids is 1. The van der Waals surface area contributed by atoms with Gasteiger partial charge in [-0.3, -0.25) is 4.79 Å². The zero-order valence-corrected chi connectivity index (χ0v) is 17.4. The molecule has 4 heteroatoms. The summed E-state index contributed by atoms with van der Waals surface area (Å²) in [6, 6.07) is 17.0. The van der Waals surface area contributed by atoms with E-state index in [9.17, 15) is 4.79 Å². The van der Waals surface area contributed by atoms with Gasteiger partial charge in [-0.25, -0.2) is 0 Å². The molecule has 3 rings (SSSR count). The molecular formula is C23H30N2OS. The maximum atomic E-state index is 12.3. The summed E-state index contributed by atoms with van der Waals surface area (Å²) in [7, 11) is 0. The van der Waals surface area contributed by atoms with Crippen molar-refractivity contribution < 1.29 is 4.79 Å². The molecule has 1 saturated heterocycles. The van der Waals surface area contributed by atoms with Crippen LogP contribution in [0, 0.1) is 12.8 Å². The Morgan fingerprint density at radius 2 is 1.74 bits per heavy atom. The first-order valence-corrected chi connectivity index (χ1v) is 10.8. The number of aryl methyl sites for hydroxylation is 1. The molecule has 0 radical (unpaired) electrons. The molecule has 1 aliphatic rings. The Morgan fingerprint density at radius 1 is 1.11 bits per heavy atom. The van der Waals surface area contributed by atoms with Crippen LogP contribution in [0.1, 0.15) is 43.9 Å². The number of hydrogen-bond donors (Lipinski definition) is 1. The Morgan fingerprint density at radius 3 is 2.37 bits per heavy atom. The first kappa shape index (κ1) is 19.8. The monoisotopic (exact) mass is 382 g/mol. The number of rotatable bonds is 6. The SMILES string of the molecule is Cc1ccc(SCC(=O)N[C@H](C)c2ccc(N3CCC(C)CC3)cc2)cc1. The van der Waals surface area contributed by atoms with E-state index in [0.29, 0.717) is 5.75 Å². The minimum Gasteiger partial charge on any atom is -0.372 e. The van der Waals surface area contributed by atoms with Gasteiger partial charge in [0.15, 0.2) is 0 Å². The topological polar surface area (TPSA) is 32.3 Å². The van der Waals surface area contributed by atoms with Crippen molar-refractivity contribution in [3.8, 4) is 0 Å². The Balaban J connectivity index is 1.49. The van der Waals surface area contributed by atoms with Gasteiger partial charge in [0.1, 0.15) is 0 Å². The number of benzene rings is 2. The fourth-order valence-corrected chi connectivity index (χ4v) is 4.10. The molecule has 0 unspecified atom stereocenters. The fourth-order valence-electron chi connectivity index (χ4n) is 3.39. The zero-order chi connectivity index (χ0) is 19.2. The fraction of sp³-hybridized carbons (Fsp3) is 0.435. The van der Waals surface area contributed by atoms with Gasteiger partial charge in [-0.2, -0.15) is 0 Å². The molecule has 0 aliphatic carbocycles. The van der Waals surface area contributed by atoms with Gasteiger partial charge in [-0.1, -0.05) is 36.8 Å². The lowest BCUT2D eigenvalue weighted by Crippen LogP contribution is -2.32. The molecular weight excluding hydrogens is 352 g/mol. The summed E-state index contributed by atoms with van der Waals surface area (Å²) < 4.78 is 0. The largest absolute Gasteiger partial charge is 0.372 e. The number of nitrogens with zero attached hydrogens (tertiary/aromatic N) is 1. The van der Waals surface area contributed by atoms with Gasteiger partial charge in [0, 0.05) is 23.7 Å². The number of piperidine rings is 1. The van der Waals surface area contributed by atoms with Gasteiger partial charge in [0.25, 0.3) is 0 Å². The van der Waals surface area contributed by atoms with Gasteiger partial charge < -0.3 is 10.2 Å². The van der Waals surface area contributed by atoms with Crippen LogP contribution in [0.5, 0.6) is 0 Å². The smallest absolute Gasteiger partial charge is 0.230 e. The van der Waals surface area contributed by atoms with Gasteiger partial charge in [0.2, 0.25) is 5.91 Å². The lowest BCUT2D eigenvalue weighted by atomic mass is 9.98. The number of carbonyl (C=O) groups is 1. The normalized spacial score (nSPS) is 16.2. The summed E-state index contributed by atoms with van der Waals surface area (Å²) in [4.78, 5) is 15.9. The molecule has 1 atom stereocenters. The van der Waals surface area contributed by atoms with E-state index in [0.717, 1.165) is 29.5 Å². The second-order valence-corrected chi connectivity index (χ2v) is 8.70. The van der Waals surface area contributed by atoms with E-state index >= 15 is 0 Å². The van der Waals surface area contributed by atoms with E-state index in [1.807, 2.05) is 6.92 Å². The first-order valence-electron chi connectivity index (χ1n) is 9.85. The average molecular weight is 383 g/mol. The second-order valence-electron chi connectivity index (χ2n) is 7.65. The van der Waals surface area contributed by atoms with Crippen molar-refractivity contribution >= 4 is 23.4 Å². The number of anilines is 1. The third kappa shape index (κ3) is 5.77. The van der Waals surface area contributed by atoms with Crippen LogP contribution in [0.3, 0.4) is 0 Å². The summed E-state index contributed by atoms with van der Waals surface area (Å²) in [5.74, 6) is 1.35. The molecule has 1 amide bonds. The predicted molar refractivity (Wildman–Crippen MR) is 116 cm³/mol. The highest BCUT2D eigenvalue weighted by Gasteiger charge is 2.16. The lowest BCUT2D eigenvalue weighted by molar-refractivity contribution is -0.119. The molecule has 2 aromatic rings. The molecule has 1 fully saturated rings. The number of amides is 1. The number of nitrogens with one attached hydrogen (secondary N) is 1. The summed E-state index contributed by atoms with van der Waals surface area (Å²) in [5, 5.41) is 3.11. The van der Waals surface area contributed by atoms with Crippen molar-refractivity contribution in [1.82, 2.24) is 5.32 Å². The van der Waals surface area contributed by atoms with Crippen LogP contribution in [0.4, 0.5) is 5.69 Å². The van der Waals surface area contributed by atoms with E-state index in [-0.39, 0.29) is 11.9 Å². The molecule has 0 aromatic heterocycles. The standard InChI is InChI=1S/C23H30N2OS/c1-17-4-10-22(11-5-17)27-16-23(26)24-19(3)20-6-8-21(9-7-20)25-14-12-18(2)13-15-25/h4-11,18-19H,12-16H2,1-3H3,(H,24,26)/t19-/m1/s1. The van der Waals surface area contributed by atoms with Crippen LogP contribution in [0.25, 0.3) is 0 Å². The van der Waals surface area contributed by atoms with Crippen LogP contribution in [0.2, 0.25) is 0 Å². The molecule has 3 nitrogen and oxygen atoms in total. The third-order valence-corrected chi connectivity index (χ3v) is 6.32. The summed E-state index contributed by atoms with van der Waals surface area (Å²) in [5.41, 5.74) is 3.68. The average Bonchev–Trinajstić information content (AvgIpc) is 2.68. The highest BCUT2D eigenvalue weighted by Crippen LogP contribution is 2.25. The zero-order valence-electron chi connectivity index (χ0n) is 16.6. The molecule has 0 bridgehead atoms. The Hall–Kier alpha value is -1.94. The van der Waals surface area contributed by atoms with Crippen molar-refractivity contribution in [2.45, 2.75) is 44.6 Å². The Bertz CT molecular complexity index is 734. The van der Waals surface area contributed by atoms with Crippen LogP contribution < -0.4 is 10.2 Å². The molecule has 0 saturated carbocycles. The van der Waals surface area contributed by atoms with Gasteiger partial charge in [-0.15, -0.1) is 11.8 Å². The Kier molecular flexibility index (Phi) is 6.84. The third-order valence-electron chi connectivity index (χ3n) is 5.31. The van der Waals surface area contributed by atoms with Crippen molar-refractivity contribution in [3.05, 3.63) is 59.7 Å². The number of thioether (sulfide) groups is 1. The predicted octanol–water partition coefficient (Wildman–Crippen LogP) is 5.20. The summed E-state index contributed by atoms with van der Waals surface area (Å²) >= 11 is 1.58. The molecule has 27 heavy (non-hydrogen) atoms. The van der Waals surface area contributed by atoms with Crippen molar-refractivity contribution in [2.75, 3.05) is 23.7 Å². The lowest BCUT2D eigenvalue weighted by Gasteiger charge is -2.32. The van der Waals surface area contributed by atoms with Crippen LogP contribution in [-0.2, 0) is 4.79 Å². The molecule has 2 aromatic carbocycles. The minimum atomic E-state index is 0.0199. The van der Waals surface area contributed by atoms with Crippen molar-refractivity contribution in [3.63, 3.8) is 0 Å². The number of hydrogen-bond acceptors (Lipinski definition) is 3. The quantitative estimate of drug-likeness (QED) is 0.697. The van der Waals surface area contributed by atoms with E-state index < -0.39 is 0 Å². The van der Waals surface area contributed by atoms with Crippen molar-refractivity contribution in [2.24, 2.45) is 5.92 Å². The minimum absolute atomic E-state index is 0.0199. The highest BCUT2D eigenvalue weighted by molar-refractivity contribution is 8.00.